The first-order valence-electron chi connectivity index (χ1n) is 8.56. The Hall–Kier alpha value is -1.91. The van der Waals surface area contributed by atoms with Crippen molar-refractivity contribution in [2.75, 3.05) is 14.2 Å². The summed E-state index contributed by atoms with van der Waals surface area (Å²) in [5, 5.41) is 12.9. The Morgan fingerprint density at radius 3 is 2.67 bits per heavy atom. The van der Waals surface area contributed by atoms with Crippen molar-refractivity contribution in [3.8, 4) is 0 Å². The third-order valence-electron chi connectivity index (χ3n) is 5.96. The average molecular weight is 325 g/mol. The van der Waals surface area contributed by atoms with E-state index in [0.29, 0.717) is 6.04 Å². The van der Waals surface area contributed by atoms with Crippen molar-refractivity contribution in [3.05, 3.63) is 48.0 Å². The Kier molecular flexibility index (Phi) is 3.82. The molecule has 5 atom stereocenters. The normalized spacial score (nSPS) is 32.9. The first-order chi connectivity index (χ1) is 11.6. The third-order valence-corrected chi connectivity index (χ3v) is 5.96. The van der Waals surface area contributed by atoms with Gasteiger partial charge in [0.05, 0.1) is 19.1 Å². The van der Waals surface area contributed by atoms with Gasteiger partial charge in [0.15, 0.2) is 0 Å². The zero-order valence-electron chi connectivity index (χ0n) is 14.1. The highest BCUT2D eigenvalue weighted by atomic mass is 16.5. The highest BCUT2D eigenvalue weighted by molar-refractivity contribution is 5.83. The molecule has 4 rings (SSSR count). The first-order valence-corrected chi connectivity index (χ1v) is 8.56. The highest BCUT2D eigenvalue weighted by Crippen LogP contribution is 2.47. The number of nitrogens with zero attached hydrogens (tertiary/aromatic N) is 1. The Morgan fingerprint density at radius 1 is 1.17 bits per heavy atom. The second-order valence-electron chi connectivity index (χ2n) is 7.11. The Labute approximate surface area is 142 Å². The largest absolute Gasteiger partial charge is 0.469 e. The maximum atomic E-state index is 12.5. The van der Waals surface area contributed by atoms with Gasteiger partial charge in [-0.15, -0.1) is 0 Å². The lowest BCUT2D eigenvalue weighted by atomic mass is 9.75. The van der Waals surface area contributed by atoms with Crippen LogP contribution in [0.5, 0.6) is 0 Å². The molecule has 2 aliphatic heterocycles. The summed E-state index contributed by atoms with van der Waals surface area (Å²) < 4.78 is 5.10. The maximum absolute atomic E-state index is 12.5. The molecule has 2 heterocycles. The standard InChI is InChI=1S/C20H23NO3/c1-21-15-10-16(18(20(23)24-2)19(21)17(22)11-15)14-8-7-12-5-3-4-6-13(12)9-14/h3-9,15-19,22H,10-11H2,1-2H3/t15-,16-,17+,18-,19+/m0/s1. The molecule has 1 N–H and O–H groups in total. The number of likely N-dealkylation sites (N-methyl/N-ethyl adjacent to an activating group) is 1. The van der Waals surface area contributed by atoms with E-state index >= 15 is 0 Å². The molecular formula is C20H23NO3. The number of ether oxygens (including phenoxy) is 1. The van der Waals surface area contributed by atoms with Crippen molar-refractivity contribution < 1.29 is 14.6 Å². The molecular weight excluding hydrogens is 302 g/mol. The van der Waals surface area contributed by atoms with Gasteiger partial charge >= 0.3 is 5.97 Å². The van der Waals surface area contributed by atoms with Gasteiger partial charge in [-0.25, -0.2) is 0 Å². The fraction of sp³-hybridized carbons (Fsp3) is 0.450. The van der Waals surface area contributed by atoms with Crippen LogP contribution in [0, 0.1) is 5.92 Å². The molecule has 0 radical (unpaired) electrons. The number of carbonyl (C=O) groups excluding carboxylic acids is 1. The second-order valence-corrected chi connectivity index (χ2v) is 7.11. The molecule has 0 saturated carbocycles. The van der Waals surface area contributed by atoms with E-state index in [1.165, 1.54) is 23.4 Å². The van der Waals surface area contributed by atoms with Crippen LogP contribution in [0.3, 0.4) is 0 Å². The fourth-order valence-corrected chi connectivity index (χ4v) is 4.75. The number of carbonyl (C=O) groups is 1. The van der Waals surface area contributed by atoms with Crippen LogP contribution in [-0.4, -0.2) is 48.3 Å². The zero-order valence-corrected chi connectivity index (χ0v) is 14.1. The molecule has 24 heavy (non-hydrogen) atoms. The lowest BCUT2D eigenvalue weighted by molar-refractivity contribution is -0.151. The summed E-state index contributed by atoms with van der Waals surface area (Å²) in [6.07, 6.45) is 1.15. The average Bonchev–Trinajstić information content (AvgIpc) is 2.79. The molecule has 2 aromatic carbocycles. The molecule has 0 spiro atoms. The quantitative estimate of drug-likeness (QED) is 0.862. The Balaban J connectivity index is 1.78. The van der Waals surface area contributed by atoms with Crippen molar-refractivity contribution in [2.45, 2.75) is 36.9 Å². The van der Waals surface area contributed by atoms with Gasteiger partial charge in [0, 0.05) is 18.0 Å². The molecule has 2 saturated heterocycles. The Morgan fingerprint density at radius 2 is 1.92 bits per heavy atom. The highest BCUT2D eigenvalue weighted by Gasteiger charge is 2.53. The number of fused-ring (bicyclic) bond motifs is 3. The first kappa shape index (κ1) is 15.6. The van der Waals surface area contributed by atoms with E-state index in [2.05, 4.69) is 35.2 Å². The van der Waals surface area contributed by atoms with Gasteiger partial charge in [0.2, 0.25) is 0 Å². The van der Waals surface area contributed by atoms with Gasteiger partial charge in [-0.1, -0.05) is 42.5 Å². The van der Waals surface area contributed by atoms with Crippen LogP contribution in [0.2, 0.25) is 0 Å². The SMILES string of the molecule is COC(=O)[C@@H]1[C@H]2[C@H](O)C[C@H](C[C@H]1c1ccc3ccccc3c1)N2C. The van der Waals surface area contributed by atoms with Gasteiger partial charge in [-0.2, -0.15) is 0 Å². The molecule has 126 valence electrons. The summed E-state index contributed by atoms with van der Waals surface area (Å²) >= 11 is 0. The van der Waals surface area contributed by atoms with E-state index in [1.54, 1.807) is 0 Å². The number of methoxy groups -OCH3 is 1. The summed E-state index contributed by atoms with van der Waals surface area (Å²) in [6, 6.07) is 14.9. The van der Waals surface area contributed by atoms with Crippen molar-refractivity contribution in [2.24, 2.45) is 5.92 Å². The van der Waals surface area contributed by atoms with E-state index in [1.807, 2.05) is 19.2 Å². The van der Waals surface area contributed by atoms with Crippen LogP contribution in [0.1, 0.15) is 24.3 Å². The molecule has 0 aromatic heterocycles. The summed E-state index contributed by atoms with van der Waals surface area (Å²) in [4.78, 5) is 14.7. The number of aliphatic hydroxyl groups excluding tert-OH is 1. The third kappa shape index (κ3) is 2.33. The zero-order chi connectivity index (χ0) is 16.8. The fourth-order valence-electron chi connectivity index (χ4n) is 4.75. The summed E-state index contributed by atoms with van der Waals surface area (Å²) in [7, 11) is 3.45. The number of esters is 1. The van der Waals surface area contributed by atoms with Crippen LogP contribution >= 0.6 is 0 Å². The molecule has 0 aliphatic carbocycles. The maximum Gasteiger partial charge on any atom is 0.310 e. The van der Waals surface area contributed by atoms with Crippen LogP contribution in [-0.2, 0) is 9.53 Å². The van der Waals surface area contributed by atoms with Gasteiger partial charge in [-0.3, -0.25) is 9.69 Å². The molecule has 2 aliphatic rings. The van der Waals surface area contributed by atoms with E-state index in [4.69, 9.17) is 4.74 Å². The lowest BCUT2D eigenvalue weighted by Gasteiger charge is -2.42. The smallest absolute Gasteiger partial charge is 0.310 e. The molecule has 0 amide bonds. The van der Waals surface area contributed by atoms with Crippen molar-refractivity contribution in [1.82, 2.24) is 4.90 Å². The number of rotatable bonds is 2. The van der Waals surface area contributed by atoms with Crippen LogP contribution in [0.4, 0.5) is 0 Å². The van der Waals surface area contributed by atoms with Crippen LogP contribution in [0.15, 0.2) is 42.5 Å². The van der Waals surface area contributed by atoms with E-state index < -0.39 is 6.10 Å². The molecule has 4 heteroatoms. The Bertz CT molecular complexity index is 774. The predicted molar refractivity (Wildman–Crippen MR) is 92.8 cm³/mol. The number of hydrogen-bond donors (Lipinski definition) is 1. The molecule has 2 bridgehead atoms. The number of benzene rings is 2. The van der Waals surface area contributed by atoms with Gasteiger partial charge < -0.3 is 9.84 Å². The molecule has 2 fully saturated rings. The van der Waals surface area contributed by atoms with Crippen LogP contribution in [0.25, 0.3) is 10.8 Å². The topological polar surface area (TPSA) is 49.8 Å². The summed E-state index contributed by atoms with van der Waals surface area (Å²) in [6.45, 7) is 0. The number of piperidine rings is 1. The van der Waals surface area contributed by atoms with Gasteiger partial charge in [0.1, 0.15) is 0 Å². The minimum absolute atomic E-state index is 0.0883. The van der Waals surface area contributed by atoms with E-state index in [9.17, 15) is 9.90 Å². The van der Waals surface area contributed by atoms with Crippen molar-refractivity contribution in [1.29, 1.82) is 0 Å². The van der Waals surface area contributed by atoms with Gasteiger partial charge in [0.25, 0.3) is 0 Å². The van der Waals surface area contributed by atoms with E-state index in [-0.39, 0.29) is 23.8 Å². The minimum atomic E-state index is -0.463. The van der Waals surface area contributed by atoms with Gasteiger partial charge in [-0.05, 0) is 36.2 Å². The number of hydrogen-bond acceptors (Lipinski definition) is 4. The lowest BCUT2D eigenvalue weighted by Crippen LogP contribution is -2.51. The monoisotopic (exact) mass is 325 g/mol. The second kappa shape index (κ2) is 5.87. The summed E-state index contributed by atoms with van der Waals surface area (Å²) in [5.41, 5.74) is 1.17. The summed E-state index contributed by atoms with van der Waals surface area (Å²) in [5.74, 6) is -0.454. The molecule has 0 unspecified atom stereocenters. The molecule has 2 aromatic rings. The van der Waals surface area contributed by atoms with Crippen molar-refractivity contribution in [3.63, 3.8) is 0 Å². The predicted octanol–water partition coefficient (Wildman–Crippen LogP) is 2.55. The van der Waals surface area contributed by atoms with E-state index in [0.717, 1.165) is 12.8 Å². The number of aliphatic hydroxyl groups is 1. The van der Waals surface area contributed by atoms with Crippen LogP contribution < -0.4 is 0 Å². The van der Waals surface area contributed by atoms with Crippen molar-refractivity contribution >= 4 is 16.7 Å². The minimum Gasteiger partial charge on any atom is -0.469 e. The molecule has 4 nitrogen and oxygen atoms in total.